The average molecular weight is 446 g/mol. The zero-order chi connectivity index (χ0) is 23.2. The number of aromatic amines is 1. The number of nitrogens with one attached hydrogen (secondary N) is 1. The largest absolute Gasteiger partial charge is 0.416 e. The minimum absolute atomic E-state index is 0.120. The molecule has 0 saturated carbocycles. The summed E-state index contributed by atoms with van der Waals surface area (Å²) < 4.78 is 38.8. The molecular formula is C22H21F3N4O3. The number of nitro groups is 1. The third-order valence-electron chi connectivity index (χ3n) is 5.96. The molecular weight excluding hydrogens is 425 g/mol. The number of fused-ring (bicyclic) bond motifs is 1. The van der Waals surface area contributed by atoms with E-state index in [1.807, 2.05) is 26.0 Å². The predicted molar refractivity (Wildman–Crippen MR) is 114 cm³/mol. The second-order valence-corrected chi connectivity index (χ2v) is 7.87. The van der Waals surface area contributed by atoms with E-state index in [9.17, 15) is 28.1 Å². The van der Waals surface area contributed by atoms with Crippen LogP contribution in [0.15, 0.2) is 36.4 Å². The summed E-state index contributed by atoms with van der Waals surface area (Å²) in [5.74, 6) is -0.147. The molecule has 1 amide bonds. The number of hydrogen-bond donors (Lipinski definition) is 1. The molecule has 0 radical (unpaired) electrons. The summed E-state index contributed by atoms with van der Waals surface area (Å²) in [5, 5.41) is 12.4. The lowest BCUT2D eigenvalue weighted by Gasteiger charge is -2.36. The number of rotatable bonds is 3. The van der Waals surface area contributed by atoms with Crippen LogP contribution < -0.4 is 4.90 Å². The molecule has 0 bridgehead atoms. The smallest absolute Gasteiger partial charge is 0.362 e. The number of aromatic nitrogens is 1. The lowest BCUT2D eigenvalue weighted by molar-refractivity contribution is -0.384. The Labute approximate surface area is 181 Å². The quantitative estimate of drug-likeness (QED) is 0.468. The second-order valence-electron chi connectivity index (χ2n) is 7.87. The zero-order valence-electron chi connectivity index (χ0n) is 17.5. The molecule has 10 heteroatoms. The van der Waals surface area contributed by atoms with Crippen molar-refractivity contribution in [2.75, 3.05) is 31.1 Å². The number of H-pyrrole nitrogens is 1. The van der Waals surface area contributed by atoms with Crippen LogP contribution in [0, 0.1) is 24.0 Å². The zero-order valence-corrected chi connectivity index (χ0v) is 17.5. The summed E-state index contributed by atoms with van der Waals surface area (Å²) in [6.45, 7) is 5.12. The SMILES string of the molecule is Cc1[nH]c2ccc(C(=O)N3CCN(c4ccc(C(F)(F)F)cc4[N+](=O)[O-])CC3)cc2c1C. The number of nitrogens with zero attached hydrogens (tertiary/aromatic N) is 3. The van der Waals surface area contributed by atoms with E-state index in [0.717, 1.165) is 34.3 Å². The van der Waals surface area contributed by atoms with Crippen molar-refractivity contribution in [1.29, 1.82) is 0 Å². The van der Waals surface area contributed by atoms with Crippen LogP contribution in [0.3, 0.4) is 0 Å². The van der Waals surface area contributed by atoms with E-state index in [4.69, 9.17) is 0 Å². The number of carbonyl (C=O) groups is 1. The Morgan fingerprint density at radius 3 is 2.38 bits per heavy atom. The van der Waals surface area contributed by atoms with Crippen molar-refractivity contribution in [2.45, 2.75) is 20.0 Å². The fourth-order valence-electron chi connectivity index (χ4n) is 4.04. The van der Waals surface area contributed by atoms with Gasteiger partial charge in [-0.2, -0.15) is 13.2 Å². The number of aryl methyl sites for hydroxylation is 2. The highest BCUT2D eigenvalue weighted by Crippen LogP contribution is 2.37. The van der Waals surface area contributed by atoms with Gasteiger partial charge in [-0.25, -0.2) is 0 Å². The minimum Gasteiger partial charge on any atom is -0.362 e. The van der Waals surface area contributed by atoms with Crippen LogP contribution >= 0.6 is 0 Å². The lowest BCUT2D eigenvalue weighted by atomic mass is 10.1. The summed E-state index contributed by atoms with van der Waals surface area (Å²) in [5.41, 5.74) is 2.08. The molecule has 1 aromatic heterocycles. The number of hydrogen-bond acceptors (Lipinski definition) is 4. The summed E-state index contributed by atoms with van der Waals surface area (Å²) in [6.07, 6.45) is -4.66. The van der Waals surface area contributed by atoms with Crippen LogP contribution in [-0.4, -0.2) is 46.9 Å². The van der Waals surface area contributed by atoms with E-state index in [2.05, 4.69) is 4.98 Å². The number of benzene rings is 2. The lowest BCUT2D eigenvalue weighted by Crippen LogP contribution is -2.49. The highest BCUT2D eigenvalue weighted by molar-refractivity contribution is 5.99. The predicted octanol–water partition coefficient (Wildman–Crippen LogP) is 4.67. The van der Waals surface area contributed by atoms with Crippen molar-refractivity contribution < 1.29 is 22.9 Å². The van der Waals surface area contributed by atoms with E-state index in [1.165, 1.54) is 0 Å². The molecule has 32 heavy (non-hydrogen) atoms. The first-order chi connectivity index (χ1) is 15.1. The first-order valence-electron chi connectivity index (χ1n) is 10.0. The van der Waals surface area contributed by atoms with Gasteiger partial charge in [0.05, 0.1) is 10.5 Å². The standard InChI is InChI=1S/C22H21F3N4O3/c1-13-14(2)26-18-5-3-15(11-17(13)18)21(30)28-9-7-27(8-10-28)19-6-4-16(22(23,24)25)12-20(19)29(31)32/h3-6,11-12,26H,7-10H2,1-2H3. The number of carbonyl (C=O) groups excluding carboxylic acids is 1. The van der Waals surface area contributed by atoms with Gasteiger partial charge in [0.1, 0.15) is 5.69 Å². The summed E-state index contributed by atoms with van der Waals surface area (Å²) in [7, 11) is 0. The van der Waals surface area contributed by atoms with Crippen LogP contribution in [0.4, 0.5) is 24.5 Å². The highest BCUT2D eigenvalue weighted by Gasteiger charge is 2.34. The van der Waals surface area contributed by atoms with Gasteiger partial charge in [-0.15, -0.1) is 0 Å². The van der Waals surface area contributed by atoms with Gasteiger partial charge in [-0.1, -0.05) is 0 Å². The van der Waals surface area contributed by atoms with Gasteiger partial charge < -0.3 is 14.8 Å². The van der Waals surface area contributed by atoms with Crippen LogP contribution in [-0.2, 0) is 6.18 Å². The molecule has 1 fully saturated rings. The Morgan fingerprint density at radius 2 is 1.75 bits per heavy atom. The normalized spacial score (nSPS) is 14.8. The molecule has 1 aliphatic rings. The van der Waals surface area contributed by atoms with E-state index in [0.29, 0.717) is 24.7 Å². The Kier molecular flexibility index (Phi) is 5.31. The second kappa shape index (κ2) is 7.85. The van der Waals surface area contributed by atoms with Crippen molar-refractivity contribution in [1.82, 2.24) is 9.88 Å². The maximum absolute atomic E-state index is 13.0. The van der Waals surface area contributed by atoms with Gasteiger partial charge in [0.15, 0.2) is 0 Å². The van der Waals surface area contributed by atoms with Crippen molar-refractivity contribution in [3.05, 3.63) is 68.9 Å². The molecule has 1 saturated heterocycles. The maximum Gasteiger partial charge on any atom is 0.416 e. The first-order valence-corrected chi connectivity index (χ1v) is 10.0. The highest BCUT2D eigenvalue weighted by atomic mass is 19.4. The molecule has 0 spiro atoms. The van der Waals surface area contributed by atoms with Crippen LogP contribution in [0.25, 0.3) is 10.9 Å². The molecule has 168 valence electrons. The van der Waals surface area contributed by atoms with Gasteiger partial charge in [-0.05, 0) is 49.7 Å². The Balaban J connectivity index is 1.51. The van der Waals surface area contributed by atoms with Gasteiger partial charge in [-0.3, -0.25) is 14.9 Å². The van der Waals surface area contributed by atoms with Crippen molar-refractivity contribution in [2.24, 2.45) is 0 Å². The van der Waals surface area contributed by atoms with E-state index in [1.54, 1.807) is 15.9 Å². The van der Waals surface area contributed by atoms with E-state index >= 15 is 0 Å². The third-order valence-corrected chi connectivity index (χ3v) is 5.96. The Morgan fingerprint density at radius 1 is 1.06 bits per heavy atom. The Hall–Kier alpha value is -3.56. The number of nitro benzene ring substituents is 1. The molecule has 4 rings (SSSR count). The fourth-order valence-corrected chi connectivity index (χ4v) is 4.04. The number of anilines is 1. The van der Waals surface area contributed by atoms with Gasteiger partial charge in [0, 0.05) is 54.4 Å². The van der Waals surface area contributed by atoms with Crippen molar-refractivity contribution >= 4 is 28.2 Å². The molecule has 2 heterocycles. The van der Waals surface area contributed by atoms with Crippen LogP contribution in [0.2, 0.25) is 0 Å². The Bertz CT molecular complexity index is 1210. The third kappa shape index (κ3) is 3.88. The number of amides is 1. The van der Waals surface area contributed by atoms with Gasteiger partial charge in [0.2, 0.25) is 0 Å². The molecule has 7 nitrogen and oxygen atoms in total. The van der Waals surface area contributed by atoms with Crippen LogP contribution in [0.1, 0.15) is 27.2 Å². The van der Waals surface area contributed by atoms with Gasteiger partial charge in [0.25, 0.3) is 11.6 Å². The molecule has 3 aromatic rings. The number of alkyl halides is 3. The topological polar surface area (TPSA) is 82.5 Å². The minimum atomic E-state index is -4.66. The molecule has 0 unspecified atom stereocenters. The number of halogens is 3. The van der Waals surface area contributed by atoms with Gasteiger partial charge >= 0.3 is 6.18 Å². The summed E-state index contributed by atoms with van der Waals surface area (Å²) in [4.78, 5) is 30.1. The van der Waals surface area contributed by atoms with Crippen molar-refractivity contribution in [3.8, 4) is 0 Å². The molecule has 2 aromatic carbocycles. The van der Waals surface area contributed by atoms with E-state index < -0.39 is 22.4 Å². The fraction of sp³-hybridized carbons (Fsp3) is 0.318. The summed E-state index contributed by atoms with van der Waals surface area (Å²) in [6, 6.07) is 8.00. The average Bonchev–Trinajstić information content (AvgIpc) is 3.05. The maximum atomic E-state index is 13.0. The molecule has 1 N–H and O–H groups in total. The van der Waals surface area contributed by atoms with Crippen LogP contribution in [0.5, 0.6) is 0 Å². The first kappa shape index (κ1) is 21.7. The molecule has 0 aliphatic carbocycles. The monoisotopic (exact) mass is 446 g/mol. The molecule has 0 atom stereocenters. The van der Waals surface area contributed by atoms with Crippen molar-refractivity contribution in [3.63, 3.8) is 0 Å². The molecule has 1 aliphatic heterocycles. The summed E-state index contributed by atoms with van der Waals surface area (Å²) >= 11 is 0. The van der Waals surface area contributed by atoms with E-state index in [-0.39, 0.29) is 24.7 Å². The number of piperazine rings is 1.